The lowest BCUT2D eigenvalue weighted by Gasteiger charge is -2.28. The van der Waals surface area contributed by atoms with Crippen LogP contribution in [0.3, 0.4) is 0 Å². The molecule has 4 aromatic rings. The standard InChI is InChI=1S/C24H25N7O3S/c1-15-22(16-5-6-25-17(11-16)14-35(32)33)31-13-21(18-3-2-4-20-19(18)12-26-29-20)28-23(24(31)27-15)30-7-9-34-10-8-30/h2-5,12-14,17,25H,6-11H2,1H3,(H,26,29). The Morgan fingerprint density at radius 2 is 2.06 bits per heavy atom. The number of anilines is 1. The van der Waals surface area contributed by atoms with Crippen LogP contribution in [0.15, 0.2) is 36.7 Å². The Morgan fingerprint density at radius 1 is 1.20 bits per heavy atom. The van der Waals surface area contributed by atoms with Crippen molar-refractivity contribution >= 4 is 43.6 Å². The second-order valence-electron chi connectivity index (χ2n) is 8.77. The van der Waals surface area contributed by atoms with Crippen LogP contribution in [0.4, 0.5) is 5.82 Å². The number of rotatable bonds is 4. The van der Waals surface area contributed by atoms with Crippen molar-refractivity contribution in [3.05, 3.63) is 48.1 Å². The molecular weight excluding hydrogens is 466 g/mol. The van der Waals surface area contributed by atoms with Crippen molar-refractivity contribution in [2.75, 3.05) is 37.7 Å². The van der Waals surface area contributed by atoms with Crippen molar-refractivity contribution < 1.29 is 13.2 Å². The molecule has 1 fully saturated rings. The first-order valence-corrected chi connectivity index (χ1v) is 12.7. The number of ether oxygens (including phenoxy) is 1. The summed E-state index contributed by atoms with van der Waals surface area (Å²) in [5.74, 6) is 0.818. The number of imidazole rings is 1. The smallest absolute Gasteiger partial charge is 0.211 e. The van der Waals surface area contributed by atoms with Crippen molar-refractivity contribution in [3.63, 3.8) is 0 Å². The summed E-state index contributed by atoms with van der Waals surface area (Å²) in [6.07, 6.45) is 6.53. The highest BCUT2D eigenvalue weighted by Crippen LogP contribution is 2.34. The van der Waals surface area contributed by atoms with E-state index in [1.807, 2.05) is 31.5 Å². The molecule has 2 N–H and O–H groups in total. The van der Waals surface area contributed by atoms with Gasteiger partial charge < -0.3 is 15.0 Å². The lowest BCUT2D eigenvalue weighted by Crippen LogP contribution is -2.37. The van der Waals surface area contributed by atoms with Crippen LogP contribution in [0.25, 0.3) is 33.4 Å². The molecule has 6 rings (SSSR count). The van der Waals surface area contributed by atoms with E-state index < -0.39 is 10.3 Å². The SMILES string of the molecule is Cc1nc2c(N3CCOCC3)nc(-c3cccc4[nH]ncc34)cn2c1C1=CCNC(C=S(=O)=O)C1. The Morgan fingerprint density at radius 3 is 2.89 bits per heavy atom. The molecule has 0 radical (unpaired) electrons. The highest BCUT2D eigenvalue weighted by molar-refractivity contribution is 7.71. The number of nitrogens with one attached hydrogen (secondary N) is 2. The first-order valence-electron chi connectivity index (χ1n) is 11.6. The number of fused-ring (bicyclic) bond motifs is 2. The predicted molar refractivity (Wildman–Crippen MR) is 135 cm³/mol. The molecule has 1 aromatic carbocycles. The number of hydrogen-bond donors (Lipinski definition) is 2. The van der Waals surface area contributed by atoms with Gasteiger partial charge in [0.15, 0.2) is 11.5 Å². The molecule has 5 heterocycles. The molecule has 2 aliphatic heterocycles. The van der Waals surface area contributed by atoms with Crippen LogP contribution in [-0.4, -0.2) is 77.2 Å². The molecule has 35 heavy (non-hydrogen) atoms. The van der Waals surface area contributed by atoms with Crippen LogP contribution in [-0.2, 0) is 15.0 Å². The topological polar surface area (TPSA) is 118 Å². The molecule has 0 spiro atoms. The quantitative estimate of drug-likeness (QED) is 0.416. The van der Waals surface area contributed by atoms with Gasteiger partial charge in [-0.1, -0.05) is 18.2 Å². The second-order valence-corrected chi connectivity index (χ2v) is 9.56. The minimum atomic E-state index is -2.23. The highest BCUT2D eigenvalue weighted by atomic mass is 32.2. The third-order valence-electron chi connectivity index (χ3n) is 6.58. The third kappa shape index (κ3) is 4.01. The molecule has 11 heteroatoms. The van der Waals surface area contributed by atoms with Gasteiger partial charge in [0, 0.05) is 42.8 Å². The third-order valence-corrected chi connectivity index (χ3v) is 7.13. The van der Waals surface area contributed by atoms with Crippen molar-refractivity contribution in [2.45, 2.75) is 19.4 Å². The van der Waals surface area contributed by atoms with E-state index in [4.69, 9.17) is 14.7 Å². The van der Waals surface area contributed by atoms with Crippen LogP contribution in [0, 0.1) is 6.92 Å². The van der Waals surface area contributed by atoms with Crippen LogP contribution < -0.4 is 10.2 Å². The summed E-state index contributed by atoms with van der Waals surface area (Å²) in [5.41, 5.74) is 6.47. The maximum atomic E-state index is 11.3. The van der Waals surface area contributed by atoms with E-state index in [2.05, 4.69) is 37.0 Å². The normalized spacial score (nSPS) is 18.7. The van der Waals surface area contributed by atoms with Crippen molar-refractivity contribution in [3.8, 4) is 11.3 Å². The average molecular weight is 492 g/mol. The summed E-state index contributed by atoms with van der Waals surface area (Å²) in [6.45, 7) is 5.34. The van der Waals surface area contributed by atoms with E-state index in [1.54, 1.807) is 0 Å². The molecule has 0 bridgehead atoms. The number of H-pyrrole nitrogens is 1. The Bertz CT molecular complexity index is 1590. The fourth-order valence-electron chi connectivity index (χ4n) is 4.99. The Hall–Kier alpha value is -3.54. The molecule has 1 saturated heterocycles. The van der Waals surface area contributed by atoms with Crippen LogP contribution in [0.5, 0.6) is 0 Å². The number of aromatic amines is 1. The van der Waals surface area contributed by atoms with Gasteiger partial charge in [-0.2, -0.15) is 13.5 Å². The number of aromatic nitrogens is 5. The first kappa shape index (κ1) is 22.0. The minimum Gasteiger partial charge on any atom is -0.378 e. The molecule has 1 unspecified atom stereocenters. The largest absolute Gasteiger partial charge is 0.378 e. The zero-order valence-corrected chi connectivity index (χ0v) is 20.0. The van der Waals surface area contributed by atoms with Gasteiger partial charge in [0.05, 0.1) is 47.4 Å². The number of benzene rings is 1. The van der Waals surface area contributed by atoms with E-state index in [9.17, 15) is 8.42 Å². The van der Waals surface area contributed by atoms with Crippen LogP contribution in [0.1, 0.15) is 17.8 Å². The molecule has 0 amide bonds. The van der Waals surface area contributed by atoms with E-state index in [0.717, 1.165) is 63.7 Å². The number of aryl methyl sites for hydroxylation is 1. The molecule has 2 aliphatic rings. The molecular formula is C24H25N7O3S. The fourth-order valence-corrected chi connectivity index (χ4v) is 5.45. The molecule has 3 aromatic heterocycles. The van der Waals surface area contributed by atoms with Crippen molar-refractivity contribution in [1.82, 2.24) is 29.9 Å². The summed E-state index contributed by atoms with van der Waals surface area (Å²) >= 11 is 0. The van der Waals surface area contributed by atoms with Gasteiger partial charge >= 0.3 is 0 Å². The van der Waals surface area contributed by atoms with Gasteiger partial charge in [0.1, 0.15) is 0 Å². The highest BCUT2D eigenvalue weighted by Gasteiger charge is 2.25. The summed E-state index contributed by atoms with van der Waals surface area (Å²) in [7, 11) is -2.23. The molecule has 0 aliphatic carbocycles. The number of hydrogen-bond acceptors (Lipinski definition) is 8. The van der Waals surface area contributed by atoms with Crippen LogP contribution in [0.2, 0.25) is 0 Å². The van der Waals surface area contributed by atoms with Crippen LogP contribution >= 0.6 is 0 Å². The van der Waals surface area contributed by atoms with E-state index in [1.165, 1.54) is 5.37 Å². The van der Waals surface area contributed by atoms with E-state index >= 15 is 0 Å². The van der Waals surface area contributed by atoms with E-state index in [-0.39, 0.29) is 6.04 Å². The lowest BCUT2D eigenvalue weighted by molar-refractivity contribution is 0.122. The number of morpholine rings is 1. The van der Waals surface area contributed by atoms with Gasteiger partial charge in [-0.05, 0) is 25.0 Å². The first-order chi connectivity index (χ1) is 17.1. The van der Waals surface area contributed by atoms with Crippen molar-refractivity contribution in [2.24, 2.45) is 0 Å². The summed E-state index contributed by atoms with van der Waals surface area (Å²) in [6, 6.07) is 5.79. The Kier molecular flexibility index (Phi) is 5.59. The molecule has 1 atom stereocenters. The van der Waals surface area contributed by atoms with Gasteiger partial charge in [0.2, 0.25) is 10.3 Å². The van der Waals surface area contributed by atoms with Gasteiger partial charge in [-0.25, -0.2) is 9.97 Å². The predicted octanol–water partition coefficient (Wildman–Crippen LogP) is 1.84. The monoisotopic (exact) mass is 491 g/mol. The average Bonchev–Trinajstić information content (AvgIpc) is 3.47. The van der Waals surface area contributed by atoms with Gasteiger partial charge in [-0.3, -0.25) is 9.50 Å². The second kappa shape index (κ2) is 8.91. The molecule has 0 saturated carbocycles. The lowest BCUT2D eigenvalue weighted by atomic mass is 9.99. The van der Waals surface area contributed by atoms with Gasteiger partial charge in [-0.15, -0.1) is 0 Å². The zero-order valence-electron chi connectivity index (χ0n) is 19.2. The molecule has 180 valence electrons. The number of nitrogens with zero attached hydrogens (tertiary/aromatic N) is 5. The maximum Gasteiger partial charge on any atom is 0.211 e. The van der Waals surface area contributed by atoms with E-state index in [0.29, 0.717) is 26.2 Å². The Balaban J connectivity index is 1.57. The van der Waals surface area contributed by atoms with Gasteiger partial charge in [0.25, 0.3) is 0 Å². The fraction of sp³-hybridized carbons (Fsp3) is 0.333. The zero-order chi connectivity index (χ0) is 23.9. The minimum absolute atomic E-state index is 0.252. The maximum absolute atomic E-state index is 11.3. The summed E-state index contributed by atoms with van der Waals surface area (Å²) in [5, 5.41) is 12.8. The Labute approximate surface area is 203 Å². The molecule has 10 nitrogen and oxygen atoms in total. The summed E-state index contributed by atoms with van der Waals surface area (Å²) in [4.78, 5) is 12.3. The summed E-state index contributed by atoms with van der Waals surface area (Å²) < 4.78 is 30.3. The van der Waals surface area contributed by atoms with Crippen molar-refractivity contribution in [1.29, 1.82) is 0 Å².